The number of benzene rings is 3. The average Bonchev–Trinajstić information content (AvgIpc) is 2.66. The van der Waals surface area contributed by atoms with Gasteiger partial charge < -0.3 is 9.84 Å². The van der Waals surface area contributed by atoms with Crippen LogP contribution >= 0.6 is 0 Å². The minimum atomic E-state index is -0.483. The molecule has 5 heteroatoms. The molecular formula is C21H18N2O3. The summed E-state index contributed by atoms with van der Waals surface area (Å²) in [5, 5.41) is 15.8. The Morgan fingerprint density at radius 3 is 2.65 bits per heavy atom. The number of aromatic hydroxyl groups is 1. The molecule has 0 aliphatic heterocycles. The van der Waals surface area contributed by atoms with Crippen molar-refractivity contribution in [2.24, 2.45) is 5.10 Å². The van der Waals surface area contributed by atoms with E-state index in [-0.39, 0.29) is 11.3 Å². The number of carbonyl (C=O) groups is 1. The van der Waals surface area contributed by atoms with Gasteiger partial charge >= 0.3 is 0 Å². The zero-order valence-corrected chi connectivity index (χ0v) is 14.1. The molecular weight excluding hydrogens is 328 g/mol. The summed E-state index contributed by atoms with van der Waals surface area (Å²) < 4.78 is 5.45. The number of ether oxygens (including phenoxy) is 1. The quantitative estimate of drug-likeness (QED) is 0.404. The van der Waals surface area contributed by atoms with Crippen molar-refractivity contribution in [1.82, 2.24) is 5.43 Å². The number of hydrogen-bond acceptors (Lipinski definition) is 4. The number of amides is 1. The van der Waals surface area contributed by atoms with Crippen molar-refractivity contribution >= 4 is 22.9 Å². The molecule has 0 heterocycles. The van der Waals surface area contributed by atoms with Gasteiger partial charge in [-0.1, -0.05) is 49.1 Å². The van der Waals surface area contributed by atoms with Crippen LogP contribution in [0.3, 0.4) is 0 Å². The van der Waals surface area contributed by atoms with Crippen molar-refractivity contribution < 1.29 is 14.6 Å². The summed E-state index contributed by atoms with van der Waals surface area (Å²) >= 11 is 0. The maximum absolute atomic E-state index is 12.3. The number of phenols is 1. The smallest absolute Gasteiger partial charge is 0.275 e. The molecule has 0 bridgehead atoms. The fourth-order valence-electron chi connectivity index (χ4n) is 2.48. The predicted octanol–water partition coefficient (Wildman–Crippen LogP) is 3.87. The maximum Gasteiger partial charge on any atom is 0.275 e. The molecule has 0 saturated heterocycles. The Kier molecular flexibility index (Phi) is 5.29. The number of rotatable bonds is 6. The Bertz CT molecular complexity index is 980. The van der Waals surface area contributed by atoms with Crippen molar-refractivity contribution in [1.29, 1.82) is 0 Å². The third-order valence-electron chi connectivity index (χ3n) is 3.71. The fraction of sp³-hybridized carbons (Fsp3) is 0.0476. The number of hydrazone groups is 1. The van der Waals surface area contributed by atoms with Gasteiger partial charge in [0.05, 0.1) is 11.8 Å². The van der Waals surface area contributed by atoms with Crippen LogP contribution in [0.15, 0.2) is 78.4 Å². The molecule has 3 aromatic carbocycles. The summed E-state index contributed by atoms with van der Waals surface area (Å²) in [4.78, 5) is 12.3. The van der Waals surface area contributed by atoms with Crippen LogP contribution in [0, 0.1) is 0 Å². The van der Waals surface area contributed by atoms with Gasteiger partial charge in [0.2, 0.25) is 0 Å². The van der Waals surface area contributed by atoms with E-state index in [0.717, 1.165) is 16.3 Å². The normalized spacial score (nSPS) is 10.8. The van der Waals surface area contributed by atoms with Crippen molar-refractivity contribution in [3.63, 3.8) is 0 Å². The summed E-state index contributed by atoms with van der Waals surface area (Å²) in [6.07, 6.45) is 3.17. The molecule has 0 aliphatic carbocycles. The van der Waals surface area contributed by atoms with Crippen LogP contribution in [-0.4, -0.2) is 23.8 Å². The van der Waals surface area contributed by atoms with Gasteiger partial charge in [-0.15, -0.1) is 0 Å². The Morgan fingerprint density at radius 1 is 1.12 bits per heavy atom. The van der Waals surface area contributed by atoms with Crippen LogP contribution in [0.2, 0.25) is 0 Å². The van der Waals surface area contributed by atoms with Crippen LogP contribution < -0.4 is 10.2 Å². The molecule has 0 atom stereocenters. The number of fused-ring (bicyclic) bond motifs is 1. The number of hydrogen-bond donors (Lipinski definition) is 2. The lowest BCUT2D eigenvalue weighted by atomic mass is 10.1. The Hall–Kier alpha value is -3.60. The van der Waals surface area contributed by atoms with E-state index in [1.54, 1.807) is 24.3 Å². The van der Waals surface area contributed by atoms with E-state index in [1.807, 2.05) is 42.5 Å². The van der Waals surface area contributed by atoms with Crippen molar-refractivity contribution in [3.8, 4) is 11.5 Å². The van der Waals surface area contributed by atoms with Crippen molar-refractivity contribution in [2.45, 2.75) is 0 Å². The minimum Gasteiger partial charge on any atom is -0.507 e. The first-order valence-corrected chi connectivity index (χ1v) is 8.06. The second-order valence-corrected chi connectivity index (χ2v) is 5.59. The Morgan fingerprint density at radius 2 is 1.88 bits per heavy atom. The van der Waals surface area contributed by atoms with Gasteiger partial charge in [-0.05, 0) is 40.6 Å². The highest BCUT2D eigenvalue weighted by Gasteiger charge is 2.11. The third kappa shape index (κ3) is 4.08. The van der Waals surface area contributed by atoms with Gasteiger partial charge in [-0.2, -0.15) is 5.10 Å². The number of nitrogens with zero attached hydrogens (tertiary/aromatic N) is 1. The standard InChI is InChI=1S/C21H18N2O3/c1-2-10-26-18-9-5-6-15(11-18)14-22-23-21(25)19-12-16-7-3-4-8-17(16)13-20(19)24/h2-9,11-14,24H,1,10H2,(H,23,25). The van der Waals surface area contributed by atoms with Gasteiger partial charge in [0.25, 0.3) is 5.91 Å². The fourth-order valence-corrected chi connectivity index (χ4v) is 2.48. The van der Waals surface area contributed by atoms with Gasteiger partial charge in [0, 0.05) is 0 Å². The summed E-state index contributed by atoms with van der Waals surface area (Å²) in [7, 11) is 0. The maximum atomic E-state index is 12.3. The van der Waals surface area contributed by atoms with Gasteiger partial charge in [0.1, 0.15) is 18.1 Å². The average molecular weight is 346 g/mol. The summed E-state index contributed by atoms with van der Waals surface area (Å²) in [6, 6.07) is 18.0. The van der Waals surface area contributed by atoms with Crippen molar-refractivity contribution in [3.05, 3.63) is 84.4 Å². The molecule has 0 saturated carbocycles. The molecule has 0 aromatic heterocycles. The Balaban J connectivity index is 1.71. The molecule has 3 rings (SSSR count). The van der Waals surface area contributed by atoms with Crippen LogP contribution in [0.4, 0.5) is 0 Å². The zero-order chi connectivity index (χ0) is 18.4. The van der Waals surface area contributed by atoms with E-state index < -0.39 is 5.91 Å². The molecule has 3 aromatic rings. The monoisotopic (exact) mass is 346 g/mol. The lowest BCUT2D eigenvalue weighted by molar-refractivity contribution is 0.0952. The van der Waals surface area contributed by atoms with Gasteiger partial charge in [-0.25, -0.2) is 5.43 Å². The lowest BCUT2D eigenvalue weighted by Crippen LogP contribution is -2.17. The van der Waals surface area contributed by atoms with Gasteiger partial charge in [0.15, 0.2) is 0 Å². The second-order valence-electron chi connectivity index (χ2n) is 5.59. The number of carbonyl (C=O) groups excluding carboxylic acids is 1. The lowest BCUT2D eigenvalue weighted by Gasteiger charge is -2.06. The summed E-state index contributed by atoms with van der Waals surface area (Å²) in [6.45, 7) is 4.02. The Labute approximate surface area is 151 Å². The number of phenolic OH excluding ortho intramolecular Hbond substituents is 1. The topological polar surface area (TPSA) is 70.9 Å². The van der Waals surface area contributed by atoms with Crippen LogP contribution in [-0.2, 0) is 0 Å². The van der Waals surface area contributed by atoms with E-state index in [4.69, 9.17) is 4.74 Å². The van der Waals surface area contributed by atoms with E-state index >= 15 is 0 Å². The van der Waals surface area contributed by atoms with E-state index in [9.17, 15) is 9.90 Å². The van der Waals surface area contributed by atoms with E-state index in [0.29, 0.717) is 12.4 Å². The minimum absolute atomic E-state index is 0.0868. The predicted molar refractivity (Wildman–Crippen MR) is 103 cm³/mol. The largest absolute Gasteiger partial charge is 0.507 e. The first kappa shape index (κ1) is 17.2. The van der Waals surface area contributed by atoms with E-state index in [1.165, 1.54) is 6.21 Å². The van der Waals surface area contributed by atoms with Crippen LogP contribution in [0.5, 0.6) is 11.5 Å². The highest BCUT2D eigenvalue weighted by Crippen LogP contribution is 2.24. The van der Waals surface area contributed by atoms with Gasteiger partial charge in [-0.3, -0.25) is 4.79 Å². The van der Waals surface area contributed by atoms with Crippen LogP contribution in [0.25, 0.3) is 10.8 Å². The van der Waals surface area contributed by atoms with Crippen LogP contribution in [0.1, 0.15) is 15.9 Å². The second kappa shape index (κ2) is 7.98. The SMILES string of the molecule is C=CCOc1cccc(C=NNC(=O)c2cc3ccccc3cc2O)c1. The molecule has 0 fully saturated rings. The highest BCUT2D eigenvalue weighted by atomic mass is 16.5. The highest BCUT2D eigenvalue weighted by molar-refractivity contribution is 6.01. The molecule has 0 aliphatic rings. The van der Waals surface area contributed by atoms with Crippen molar-refractivity contribution in [2.75, 3.05) is 6.61 Å². The van der Waals surface area contributed by atoms with E-state index in [2.05, 4.69) is 17.1 Å². The molecule has 5 nitrogen and oxygen atoms in total. The molecule has 0 radical (unpaired) electrons. The molecule has 130 valence electrons. The summed E-state index contributed by atoms with van der Waals surface area (Å²) in [5.41, 5.74) is 3.37. The zero-order valence-electron chi connectivity index (χ0n) is 14.1. The third-order valence-corrected chi connectivity index (χ3v) is 3.71. The molecule has 0 spiro atoms. The first-order valence-electron chi connectivity index (χ1n) is 8.06. The summed E-state index contributed by atoms with van der Waals surface area (Å²) in [5.74, 6) is 0.118. The molecule has 1 amide bonds. The first-order chi connectivity index (χ1) is 12.7. The number of nitrogens with one attached hydrogen (secondary N) is 1. The molecule has 2 N–H and O–H groups in total. The molecule has 26 heavy (non-hydrogen) atoms. The molecule has 0 unspecified atom stereocenters.